The van der Waals surface area contributed by atoms with E-state index in [-0.39, 0.29) is 11.3 Å². The first-order valence-corrected chi connectivity index (χ1v) is 6.57. The van der Waals surface area contributed by atoms with Crippen molar-refractivity contribution >= 4 is 27.5 Å². The minimum absolute atomic E-state index is 0.0285. The van der Waals surface area contributed by atoms with Crippen LogP contribution >= 0.6 is 15.9 Å². The number of nitrogens with zero attached hydrogens (tertiary/aromatic N) is 2. The van der Waals surface area contributed by atoms with Gasteiger partial charge in [0.1, 0.15) is 5.65 Å². The fourth-order valence-corrected chi connectivity index (χ4v) is 1.89. The maximum absolute atomic E-state index is 11.8. The molecule has 0 spiro atoms. The molecule has 0 aromatic carbocycles. The molecule has 1 amide bonds. The van der Waals surface area contributed by atoms with Crippen LogP contribution in [0.1, 0.15) is 26.5 Å². The van der Waals surface area contributed by atoms with Crippen LogP contribution in [0.15, 0.2) is 29.0 Å². The van der Waals surface area contributed by atoms with E-state index in [2.05, 4.69) is 26.2 Å². The van der Waals surface area contributed by atoms with Gasteiger partial charge in [0, 0.05) is 22.3 Å². The van der Waals surface area contributed by atoms with Crippen molar-refractivity contribution in [1.82, 2.24) is 14.7 Å². The monoisotopic (exact) mass is 309 g/mol. The minimum Gasteiger partial charge on any atom is -0.350 e. The van der Waals surface area contributed by atoms with Crippen molar-refractivity contribution in [2.24, 2.45) is 5.41 Å². The van der Waals surface area contributed by atoms with Crippen LogP contribution in [0, 0.1) is 5.41 Å². The summed E-state index contributed by atoms with van der Waals surface area (Å²) in [6.45, 7) is 6.13. The first-order valence-electron chi connectivity index (χ1n) is 5.78. The van der Waals surface area contributed by atoms with Crippen LogP contribution in [0.2, 0.25) is 0 Å². The molecule has 0 fully saturated rings. The Hall–Kier alpha value is -1.36. The van der Waals surface area contributed by atoms with Crippen molar-refractivity contribution in [3.05, 3.63) is 34.7 Å². The molecule has 0 aliphatic rings. The zero-order chi connectivity index (χ0) is 13.3. The lowest BCUT2D eigenvalue weighted by Crippen LogP contribution is -2.34. The average molecular weight is 310 g/mol. The highest BCUT2D eigenvalue weighted by Crippen LogP contribution is 2.14. The molecule has 0 aliphatic carbocycles. The Morgan fingerprint density at radius 2 is 2.11 bits per heavy atom. The molecule has 0 bridgehead atoms. The van der Waals surface area contributed by atoms with Crippen LogP contribution in [-0.4, -0.2) is 15.3 Å². The third-order valence-electron chi connectivity index (χ3n) is 2.58. The second-order valence-corrected chi connectivity index (χ2v) is 6.19. The molecule has 0 aliphatic heterocycles. The number of amides is 1. The Labute approximate surface area is 115 Å². The maximum atomic E-state index is 11.8. The van der Waals surface area contributed by atoms with E-state index in [1.165, 1.54) is 0 Å². The Morgan fingerprint density at radius 1 is 1.39 bits per heavy atom. The molecule has 96 valence electrons. The zero-order valence-electron chi connectivity index (χ0n) is 10.7. The highest BCUT2D eigenvalue weighted by molar-refractivity contribution is 9.10. The average Bonchev–Trinajstić information content (AvgIpc) is 2.66. The highest BCUT2D eigenvalue weighted by atomic mass is 79.9. The van der Waals surface area contributed by atoms with Gasteiger partial charge < -0.3 is 9.72 Å². The lowest BCUT2D eigenvalue weighted by Gasteiger charge is -2.16. The summed E-state index contributed by atoms with van der Waals surface area (Å²) in [6, 6.07) is 3.87. The number of hydrogen-bond donors (Lipinski definition) is 1. The van der Waals surface area contributed by atoms with Crippen molar-refractivity contribution in [2.45, 2.75) is 27.3 Å². The van der Waals surface area contributed by atoms with Gasteiger partial charge in [0.15, 0.2) is 0 Å². The third kappa shape index (κ3) is 2.90. The molecule has 0 radical (unpaired) electrons. The Bertz CT molecular complexity index is 583. The first-order chi connectivity index (χ1) is 8.36. The minimum atomic E-state index is -0.373. The smallest absolute Gasteiger partial charge is 0.225 e. The summed E-state index contributed by atoms with van der Waals surface area (Å²) >= 11 is 3.41. The van der Waals surface area contributed by atoms with Gasteiger partial charge in [0.05, 0.1) is 12.2 Å². The molecule has 0 saturated heterocycles. The summed E-state index contributed by atoms with van der Waals surface area (Å²) in [6.07, 6.45) is 3.86. The molecule has 1 N–H and O–H groups in total. The molecule has 2 heterocycles. The predicted molar refractivity (Wildman–Crippen MR) is 74.2 cm³/mol. The van der Waals surface area contributed by atoms with Gasteiger partial charge in [-0.15, -0.1) is 0 Å². The lowest BCUT2D eigenvalue weighted by molar-refractivity contribution is -0.128. The van der Waals surface area contributed by atoms with Crippen molar-refractivity contribution < 1.29 is 4.79 Å². The topological polar surface area (TPSA) is 46.4 Å². The molecule has 2 aromatic rings. The van der Waals surface area contributed by atoms with E-state index in [4.69, 9.17) is 0 Å². The van der Waals surface area contributed by atoms with E-state index in [0.29, 0.717) is 6.54 Å². The fraction of sp³-hybridized carbons (Fsp3) is 0.385. The number of aromatic nitrogens is 2. The lowest BCUT2D eigenvalue weighted by atomic mass is 9.96. The first kappa shape index (κ1) is 13.1. The molecular formula is C13H16BrN3O. The number of rotatable bonds is 2. The van der Waals surface area contributed by atoms with Gasteiger partial charge in [-0.25, -0.2) is 4.98 Å². The SMILES string of the molecule is CC(C)(C)C(=O)NCc1cn2cc(Br)ccc2n1. The highest BCUT2D eigenvalue weighted by Gasteiger charge is 2.20. The van der Waals surface area contributed by atoms with Gasteiger partial charge in [-0.3, -0.25) is 4.79 Å². The predicted octanol–water partition coefficient (Wildman–Crippen LogP) is 2.76. The van der Waals surface area contributed by atoms with Gasteiger partial charge in [-0.2, -0.15) is 0 Å². The number of nitrogens with one attached hydrogen (secondary N) is 1. The summed E-state index contributed by atoms with van der Waals surface area (Å²) in [5.74, 6) is 0.0285. The van der Waals surface area contributed by atoms with E-state index < -0.39 is 0 Å². The van der Waals surface area contributed by atoms with E-state index in [1.807, 2.05) is 49.7 Å². The largest absolute Gasteiger partial charge is 0.350 e. The molecule has 18 heavy (non-hydrogen) atoms. The maximum Gasteiger partial charge on any atom is 0.225 e. The molecule has 0 unspecified atom stereocenters. The molecule has 0 saturated carbocycles. The van der Waals surface area contributed by atoms with Crippen molar-refractivity contribution in [3.8, 4) is 0 Å². The molecule has 0 atom stereocenters. The van der Waals surface area contributed by atoms with Crippen LogP contribution in [0.4, 0.5) is 0 Å². The normalized spacial score (nSPS) is 11.8. The number of fused-ring (bicyclic) bond motifs is 1. The quantitative estimate of drug-likeness (QED) is 0.927. The number of halogens is 1. The number of carbonyl (C=O) groups excluding carboxylic acids is 1. The third-order valence-corrected chi connectivity index (χ3v) is 3.05. The summed E-state index contributed by atoms with van der Waals surface area (Å²) < 4.78 is 2.93. The standard InChI is InChI=1S/C13H16BrN3O/c1-13(2,3)12(18)15-6-10-8-17-7-9(14)4-5-11(17)16-10/h4-5,7-8H,6H2,1-3H3,(H,15,18). The van der Waals surface area contributed by atoms with Crippen LogP contribution in [0.5, 0.6) is 0 Å². The number of imidazole rings is 1. The van der Waals surface area contributed by atoms with Crippen molar-refractivity contribution in [2.75, 3.05) is 0 Å². The van der Waals surface area contributed by atoms with Gasteiger partial charge in [-0.05, 0) is 28.1 Å². The van der Waals surface area contributed by atoms with Crippen LogP contribution < -0.4 is 5.32 Å². The van der Waals surface area contributed by atoms with E-state index in [9.17, 15) is 4.79 Å². The van der Waals surface area contributed by atoms with Gasteiger partial charge in [0.2, 0.25) is 5.91 Å². The van der Waals surface area contributed by atoms with Crippen molar-refractivity contribution in [1.29, 1.82) is 0 Å². The second kappa shape index (κ2) is 4.72. The van der Waals surface area contributed by atoms with Crippen LogP contribution in [0.3, 0.4) is 0 Å². The fourth-order valence-electron chi connectivity index (χ4n) is 1.54. The van der Waals surface area contributed by atoms with E-state index in [1.54, 1.807) is 0 Å². The van der Waals surface area contributed by atoms with E-state index >= 15 is 0 Å². The van der Waals surface area contributed by atoms with Gasteiger partial charge in [-0.1, -0.05) is 20.8 Å². The molecule has 2 aromatic heterocycles. The molecule has 5 heteroatoms. The van der Waals surface area contributed by atoms with Gasteiger partial charge in [0.25, 0.3) is 0 Å². The number of pyridine rings is 1. The summed E-state index contributed by atoms with van der Waals surface area (Å²) in [5.41, 5.74) is 1.35. The summed E-state index contributed by atoms with van der Waals surface area (Å²) in [7, 11) is 0. The summed E-state index contributed by atoms with van der Waals surface area (Å²) in [4.78, 5) is 16.2. The Morgan fingerprint density at radius 3 is 2.78 bits per heavy atom. The number of carbonyl (C=O) groups is 1. The van der Waals surface area contributed by atoms with Crippen molar-refractivity contribution in [3.63, 3.8) is 0 Å². The molecule has 2 rings (SSSR count). The molecule has 4 nitrogen and oxygen atoms in total. The Kier molecular flexibility index (Phi) is 3.43. The van der Waals surface area contributed by atoms with Crippen LogP contribution in [-0.2, 0) is 11.3 Å². The second-order valence-electron chi connectivity index (χ2n) is 5.28. The zero-order valence-corrected chi connectivity index (χ0v) is 12.3. The summed E-state index contributed by atoms with van der Waals surface area (Å²) in [5, 5.41) is 2.89. The molecular weight excluding hydrogens is 294 g/mol. The van der Waals surface area contributed by atoms with Gasteiger partial charge >= 0.3 is 0 Å². The Balaban J connectivity index is 2.11. The van der Waals surface area contributed by atoms with Crippen LogP contribution in [0.25, 0.3) is 5.65 Å². The van der Waals surface area contributed by atoms with E-state index in [0.717, 1.165) is 15.8 Å². The number of hydrogen-bond acceptors (Lipinski definition) is 2.